The first-order chi connectivity index (χ1) is 9.61. The summed E-state index contributed by atoms with van der Waals surface area (Å²) in [6, 6.07) is 8.02. The lowest BCUT2D eigenvalue weighted by Gasteiger charge is -2.10. The number of hydrogen-bond donors (Lipinski definition) is 2. The Balaban J connectivity index is 2.13. The van der Waals surface area contributed by atoms with Gasteiger partial charge in [0.05, 0.1) is 0 Å². The number of benzene rings is 1. The van der Waals surface area contributed by atoms with Crippen LogP contribution in [0.1, 0.15) is 25.3 Å². The van der Waals surface area contributed by atoms with Gasteiger partial charge in [-0.05, 0) is 57.7 Å². The highest BCUT2D eigenvalue weighted by Gasteiger charge is 2.01. The lowest BCUT2D eigenvalue weighted by Crippen LogP contribution is -2.25. The van der Waals surface area contributed by atoms with Crippen LogP contribution in [0.2, 0.25) is 0 Å². The first-order valence-corrected chi connectivity index (χ1v) is 7.36. The Hall–Kier alpha value is -1.39. The molecule has 0 spiro atoms. The van der Waals surface area contributed by atoms with Crippen molar-refractivity contribution in [2.45, 2.75) is 26.2 Å². The lowest BCUT2D eigenvalue weighted by molar-refractivity contribution is -0.116. The van der Waals surface area contributed by atoms with Crippen LogP contribution < -0.4 is 10.6 Å². The normalized spacial score (nSPS) is 10.8. The summed E-state index contributed by atoms with van der Waals surface area (Å²) in [7, 11) is 4.13. The van der Waals surface area contributed by atoms with Gasteiger partial charge in [-0.2, -0.15) is 0 Å². The van der Waals surface area contributed by atoms with Gasteiger partial charge >= 0.3 is 0 Å². The molecule has 0 aliphatic heterocycles. The summed E-state index contributed by atoms with van der Waals surface area (Å²) in [5.41, 5.74) is 2.16. The van der Waals surface area contributed by atoms with Gasteiger partial charge in [0.1, 0.15) is 0 Å². The number of carbonyl (C=O) groups is 1. The van der Waals surface area contributed by atoms with E-state index in [4.69, 9.17) is 0 Å². The van der Waals surface area contributed by atoms with Gasteiger partial charge in [0, 0.05) is 18.7 Å². The van der Waals surface area contributed by atoms with E-state index in [9.17, 15) is 4.79 Å². The molecule has 1 amide bonds. The Bertz CT molecular complexity index is 387. The van der Waals surface area contributed by atoms with Gasteiger partial charge in [0.2, 0.25) is 5.91 Å². The van der Waals surface area contributed by atoms with Gasteiger partial charge in [0.15, 0.2) is 0 Å². The Labute approximate surface area is 122 Å². The van der Waals surface area contributed by atoms with Crippen LogP contribution in [0, 0.1) is 0 Å². The maximum Gasteiger partial charge on any atom is 0.225 e. The second-order valence-corrected chi connectivity index (χ2v) is 5.26. The molecule has 0 saturated carbocycles. The third-order valence-corrected chi connectivity index (χ3v) is 3.13. The Morgan fingerprint density at radius 3 is 2.45 bits per heavy atom. The molecule has 2 N–H and O–H groups in total. The van der Waals surface area contributed by atoms with Crippen LogP contribution >= 0.6 is 0 Å². The van der Waals surface area contributed by atoms with Crippen LogP contribution in [0.4, 0.5) is 5.69 Å². The van der Waals surface area contributed by atoms with E-state index in [1.54, 1.807) is 0 Å². The van der Waals surface area contributed by atoms with Gasteiger partial charge in [-0.15, -0.1) is 0 Å². The fourth-order valence-corrected chi connectivity index (χ4v) is 1.89. The maximum atomic E-state index is 11.7. The van der Waals surface area contributed by atoms with Gasteiger partial charge in [-0.3, -0.25) is 4.79 Å². The quantitative estimate of drug-likeness (QED) is 0.680. The fourth-order valence-electron chi connectivity index (χ4n) is 1.89. The van der Waals surface area contributed by atoms with Crippen molar-refractivity contribution in [1.82, 2.24) is 10.2 Å². The molecule has 0 fully saturated rings. The summed E-state index contributed by atoms with van der Waals surface area (Å²) in [4.78, 5) is 13.9. The van der Waals surface area contributed by atoms with Crippen LogP contribution in [0.3, 0.4) is 0 Å². The number of hydrogen-bond acceptors (Lipinski definition) is 3. The molecule has 0 radical (unpaired) electrons. The van der Waals surface area contributed by atoms with E-state index < -0.39 is 0 Å². The lowest BCUT2D eigenvalue weighted by atomic mass is 10.1. The zero-order valence-electron chi connectivity index (χ0n) is 12.9. The van der Waals surface area contributed by atoms with Crippen LogP contribution in [-0.2, 0) is 11.2 Å². The SMILES string of the molecule is CCc1ccc(NC(=O)CCNCCCN(C)C)cc1. The number of anilines is 1. The second-order valence-electron chi connectivity index (χ2n) is 5.26. The van der Waals surface area contributed by atoms with Crippen molar-refractivity contribution >= 4 is 11.6 Å². The van der Waals surface area contributed by atoms with Gasteiger partial charge in [0.25, 0.3) is 0 Å². The molecule has 4 heteroatoms. The van der Waals surface area contributed by atoms with E-state index in [0.717, 1.165) is 38.2 Å². The van der Waals surface area contributed by atoms with Crippen LogP contribution in [0.15, 0.2) is 24.3 Å². The Kier molecular flexibility index (Phi) is 7.92. The zero-order chi connectivity index (χ0) is 14.8. The van der Waals surface area contributed by atoms with E-state index in [0.29, 0.717) is 6.42 Å². The summed E-state index contributed by atoms with van der Waals surface area (Å²) in [6.45, 7) is 4.88. The number of nitrogens with zero attached hydrogens (tertiary/aromatic N) is 1. The van der Waals surface area contributed by atoms with Crippen LogP contribution in [-0.4, -0.2) is 44.5 Å². The predicted molar refractivity (Wildman–Crippen MR) is 85.1 cm³/mol. The molecule has 0 bridgehead atoms. The minimum atomic E-state index is 0.0642. The fraction of sp³-hybridized carbons (Fsp3) is 0.562. The molecule has 0 heterocycles. The Morgan fingerprint density at radius 1 is 1.15 bits per heavy atom. The minimum absolute atomic E-state index is 0.0642. The van der Waals surface area contributed by atoms with Gasteiger partial charge < -0.3 is 15.5 Å². The van der Waals surface area contributed by atoms with E-state index in [2.05, 4.69) is 48.7 Å². The monoisotopic (exact) mass is 277 g/mol. The molecule has 4 nitrogen and oxygen atoms in total. The van der Waals surface area contributed by atoms with Crippen molar-refractivity contribution in [1.29, 1.82) is 0 Å². The summed E-state index contributed by atoms with van der Waals surface area (Å²) >= 11 is 0. The zero-order valence-corrected chi connectivity index (χ0v) is 12.9. The average molecular weight is 277 g/mol. The smallest absolute Gasteiger partial charge is 0.225 e. The van der Waals surface area contributed by atoms with Crippen molar-refractivity contribution in [3.8, 4) is 0 Å². The van der Waals surface area contributed by atoms with E-state index in [1.807, 2.05) is 12.1 Å². The predicted octanol–water partition coefficient (Wildman–Crippen LogP) is 2.12. The first-order valence-electron chi connectivity index (χ1n) is 7.36. The number of nitrogens with one attached hydrogen (secondary N) is 2. The van der Waals surface area contributed by atoms with Crippen molar-refractivity contribution in [3.05, 3.63) is 29.8 Å². The van der Waals surface area contributed by atoms with Crippen LogP contribution in [0.5, 0.6) is 0 Å². The standard InChI is InChI=1S/C16H27N3O/c1-4-14-6-8-15(9-7-14)18-16(20)10-12-17-11-5-13-19(2)3/h6-9,17H,4-5,10-13H2,1-3H3,(H,18,20). The molecule has 1 aromatic carbocycles. The van der Waals surface area contributed by atoms with E-state index >= 15 is 0 Å². The third-order valence-electron chi connectivity index (χ3n) is 3.13. The molecule has 0 atom stereocenters. The summed E-state index contributed by atoms with van der Waals surface area (Å²) in [6.07, 6.45) is 2.63. The number of aryl methyl sites for hydroxylation is 1. The highest BCUT2D eigenvalue weighted by molar-refractivity contribution is 5.90. The number of carbonyl (C=O) groups excluding carboxylic acids is 1. The molecular weight excluding hydrogens is 250 g/mol. The number of rotatable bonds is 9. The third kappa shape index (κ3) is 7.26. The largest absolute Gasteiger partial charge is 0.326 e. The average Bonchev–Trinajstić information content (AvgIpc) is 2.43. The first kappa shape index (κ1) is 16.7. The van der Waals surface area contributed by atoms with Crippen molar-refractivity contribution < 1.29 is 4.79 Å². The molecule has 112 valence electrons. The second kappa shape index (κ2) is 9.50. The van der Waals surface area contributed by atoms with Gasteiger partial charge in [-0.25, -0.2) is 0 Å². The van der Waals surface area contributed by atoms with Crippen molar-refractivity contribution in [2.24, 2.45) is 0 Å². The molecule has 0 aliphatic rings. The Morgan fingerprint density at radius 2 is 1.85 bits per heavy atom. The van der Waals surface area contributed by atoms with Crippen molar-refractivity contribution in [2.75, 3.05) is 39.0 Å². The highest BCUT2D eigenvalue weighted by Crippen LogP contribution is 2.09. The minimum Gasteiger partial charge on any atom is -0.326 e. The molecule has 0 aromatic heterocycles. The van der Waals surface area contributed by atoms with Gasteiger partial charge in [-0.1, -0.05) is 19.1 Å². The molecule has 0 unspecified atom stereocenters. The molecular formula is C16H27N3O. The molecule has 1 rings (SSSR count). The summed E-state index contributed by atoms with van der Waals surface area (Å²) in [5.74, 6) is 0.0642. The summed E-state index contributed by atoms with van der Waals surface area (Å²) in [5, 5.41) is 6.20. The molecule has 0 aliphatic carbocycles. The molecule has 0 saturated heterocycles. The molecule has 1 aromatic rings. The summed E-state index contributed by atoms with van der Waals surface area (Å²) < 4.78 is 0. The highest BCUT2D eigenvalue weighted by atomic mass is 16.1. The van der Waals surface area contributed by atoms with E-state index in [1.165, 1.54) is 5.56 Å². The van der Waals surface area contributed by atoms with E-state index in [-0.39, 0.29) is 5.91 Å². The topological polar surface area (TPSA) is 44.4 Å². The van der Waals surface area contributed by atoms with Crippen molar-refractivity contribution in [3.63, 3.8) is 0 Å². The maximum absolute atomic E-state index is 11.7. The molecule has 20 heavy (non-hydrogen) atoms. The van der Waals surface area contributed by atoms with Crippen LogP contribution in [0.25, 0.3) is 0 Å². The number of amides is 1.